The number of methoxy groups -OCH3 is 2. The fourth-order valence-electron chi connectivity index (χ4n) is 2.53. The van der Waals surface area contributed by atoms with Gasteiger partial charge in [-0.25, -0.2) is 5.43 Å². The second kappa shape index (κ2) is 8.71. The van der Waals surface area contributed by atoms with E-state index in [9.17, 15) is 4.79 Å². The summed E-state index contributed by atoms with van der Waals surface area (Å²) in [7, 11) is 3.14. The molecule has 0 saturated heterocycles. The second-order valence-electron chi connectivity index (χ2n) is 5.88. The van der Waals surface area contributed by atoms with E-state index in [1.807, 2.05) is 30.3 Å². The summed E-state index contributed by atoms with van der Waals surface area (Å²) in [5.41, 5.74) is 5.87. The van der Waals surface area contributed by atoms with Gasteiger partial charge in [-0.15, -0.1) is 0 Å². The van der Waals surface area contributed by atoms with Gasteiger partial charge in [0.2, 0.25) is 0 Å². The van der Waals surface area contributed by atoms with Crippen molar-refractivity contribution in [3.8, 4) is 22.8 Å². The van der Waals surface area contributed by atoms with Gasteiger partial charge in [-0.2, -0.15) is 10.2 Å². The molecular formula is C20H19BrN4O3. The third-order valence-electron chi connectivity index (χ3n) is 4.09. The van der Waals surface area contributed by atoms with Crippen LogP contribution in [-0.2, 0) is 0 Å². The van der Waals surface area contributed by atoms with Crippen LogP contribution in [-0.4, -0.2) is 36.0 Å². The summed E-state index contributed by atoms with van der Waals surface area (Å²) in [5.74, 6) is 0.838. The lowest BCUT2D eigenvalue weighted by atomic mass is 10.1. The van der Waals surface area contributed by atoms with Crippen molar-refractivity contribution in [2.45, 2.75) is 6.92 Å². The molecule has 28 heavy (non-hydrogen) atoms. The van der Waals surface area contributed by atoms with Crippen molar-refractivity contribution >= 4 is 27.5 Å². The number of ether oxygens (including phenoxy) is 2. The number of carbonyl (C=O) groups is 1. The highest BCUT2D eigenvalue weighted by atomic mass is 79.9. The Morgan fingerprint density at radius 3 is 2.46 bits per heavy atom. The van der Waals surface area contributed by atoms with E-state index in [4.69, 9.17) is 9.47 Å². The molecule has 0 radical (unpaired) electrons. The molecule has 0 fully saturated rings. The van der Waals surface area contributed by atoms with E-state index in [2.05, 4.69) is 36.7 Å². The van der Waals surface area contributed by atoms with E-state index in [1.165, 1.54) is 0 Å². The first-order valence-electron chi connectivity index (χ1n) is 8.40. The number of nitrogens with zero attached hydrogens (tertiary/aromatic N) is 2. The summed E-state index contributed by atoms with van der Waals surface area (Å²) in [6.45, 7) is 1.79. The van der Waals surface area contributed by atoms with Crippen molar-refractivity contribution in [1.82, 2.24) is 15.6 Å². The minimum Gasteiger partial charge on any atom is -0.493 e. The second-order valence-corrected chi connectivity index (χ2v) is 6.80. The van der Waals surface area contributed by atoms with Gasteiger partial charge in [-0.1, -0.05) is 28.1 Å². The summed E-state index contributed by atoms with van der Waals surface area (Å²) >= 11 is 3.39. The molecule has 0 aliphatic rings. The van der Waals surface area contributed by atoms with E-state index in [-0.39, 0.29) is 5.91 Å². The lowest BCUT2D eigenvalue weighted by Crippen LogP contribution is -2.19. The molecular weight excluding hydrogens is 424 g/mol. The van der Waals surface area contributed by atoms with Crippen LogP contribution in [0.25, 0.3) is 11.3 Å². The molecule has 3 rings (SSSR count). The lowest BCUT2D eigenvalue weighted by Gasteiger charge is -2.09. The standard InChI is InChI=1S/C20H19BrN4O3/c1-12(14-6-9-18(27-2)19(10-14)28-3)22-25-20(26)17-11-16(23-24-17)13-4-7-15(21)8-5-13/h4-11H,1-3H3,(H,23,24)(H,25,26)/b22-12+. The van der Waals surface area contributed by atoms with Gasteiger partial charge in [0.25, 0.3) is 5.91 Å². The summed E-state index contributed by atoms with van der Waals surface area (Å²) in [6, 6.07) is 14.8. The number of hydrazone groups is 1. The van der Waals surface area contributed by atoms with Crippen molar-refractivity contribution in [2.24, 2.45) is 5.10 Å². The number of hydrogen-bond acceptors (Lipinski definition) is 5. The highest BCUT2D eigenvalue weighted by molar-refractivity contribution is 9.10. The topological polar surface area (TPSA) is 88.6 Å². The summed E-state index contributed by atoms with van der Waals surface area (Å²) in [4.78, 5) is 12.4. The molecule has 0 saturated carbocycles. The van der Waals surface area contributed by atoms with E-state index in [1.54, 1.807) is 39.3 Å². The molecule has 2 N–H and O–H groups in total. The Bertz CT molecular complexity index is 1010. The predicted molar refractivity (Wildman–Crippen MR) is 111 cm³/mol. The Balaban J connectivity index is 1.72. The van der Waals surface area contributed by atoms with E-state index in [0.717, 1.165) is 15.6 Å². The normalized spacial score (nSPS) is 11.2. The van der Waals surface area contributed by atoms with Crippen molar-refractivity contribution in [1.29, 1.82) is 0 Å². The van der Waals surface area contributed by atoms with Crippen molar-refractivity contribution in [2.75, 3.05) is 14.2 Å². The minimum absolute atomic E-state index is 0.321. The van der Waals surface area contributed by atoms with Crippen LogP contribution in [0.3, 0.4) is 0 Å². The maximum Gasteiger partial charge on any atom is 0.289 e. The summed E-state index contributed by atoms with van der Waals surface area (Å²) in [5, 5.41) is 11.1. The molecule has 2 aromatic carbocycles. The molecule has 1 amide bonds. The molecule has 1 heterocycles. The first-order valence-corrected chi connectivity index (χ1v) is 9.19. The zero-order valence-electron chi connectivity index (χ0n) is 15.6. The molecule has 0 spiro atoms. The number of amides is 1. The van der Waals surface area contributed by atoms with Crippen LogP contribution in [0.4, 0.5) is 0 Å². The summed E-state index contributed by atoms with van der Waals surface area (Å²) in [6.07, 6.45) is 0. The molecule has 0 atom stereocenters. The van der Waals surface area contributed by atoms with Gasteiger partial charge in [0.1, 0.15) is 5.69 Å². The Morgan fingerprint density at radius 2 is 1.79 bits per heavy atom. The van der Waals surface area contributed by atoms with Gasteiger partial charge >= 0.3 is 0 Å². The molecule has 0 aliphatic carbocycles. The Labute approximate surface area is 170 Å². The highest BCUT2D eigenvalue weighted by Gasteiger charge is 2.11. The number of aromatic nitrogens is 2. The van der Waals surface area contributed by atoms with E-state index < -0.39 is 0 Å². The predicted octanol–water partition coefficient (Wildman–Crippen LogP) is 4.01. The molecule has 8 heteroatoms. The van der Waals surface area contributed by atoms with Gasteiger partial charge < -0.3 is 9.47 Å². The average Bonchev–Trinajstić information content (AvgIpc) is 3.22. The van der Waals surface area contributed by atoms with Crippen molar-refractivity contribution in [3.05, 3.63) is 64.3 Å². The first kappa shape index (κ1) is 19.6. The van der Waals surface area contributed by atoms with Crippen LogP contribution in [0.1, 0.15) is 23.0 Å². The van der Waals surface area contributed by atoms with E-state index in [0.29, 0.717) is 28.6 Å². The van der Waals surface area contributed by atoms with E-state index >= 15 is 0 Å². The molecule has 0 aliphatic heterocycles. The number of hydrogen-bond donors (Lipinski definition) is 2. The average molecular weight is 443 g/mol. The summed E-state index contributed by atoms with van der Waals surface area (Å²) < 4.78 is 11.5. The highest BCUT2D eigenvalue weighted by Crippen LogP contribution is 2.27. The molecule has 1 aromatic heterocycles. The zero-order chi connectivity index (χ0) is 20.1. The molecule has 0 unspecified atom stereocenters. The Kier molecular flexibility index (Phi) is 6.10. The number of aromatic amines is 1. The van der Waals surface area contributed by atoms with Crippen molar-refractivity contribution < 1.29 is 14.3 Å². The molecule has 144 valence electrons. The molecule has 0 bridgehead atoms. The number of carbonyl (C=O) groups excluding carboxylic acids is 1. The van der Waals surface area contributed by atoms with Crippen molar-refractivity contribution in [3.63, 3.8) is 0 Å². The maximum absolute atomic E-state index is 12.4. The Hall–Kier alpha value is -3.13. The minimum atomic E-state index is -0.379. The maximum atomic E-state index is 12.4. The zero-order valence-corrected chi connectivity index (χ0v) is 17.2. The smallest absolute Gasteiger partial charge is 0.289 e. The number of nitrogens with one attached hydrogen (secondary N) is 2. The third-order valence-corrected chi connectivity index (χ3v) is 4.62. The molecule has 7 nitrogen and oxygen atoms in total. The van der Waals surface area contributed by atoms with Crippen LogP contribution in [0.2, 0.25) is 0 Å². The van der Waals surface area contributed by atoms with Gasteiger partial charge in [-0.3, -0.25) is 9.89 Å². The number of halogens is 1. The third kappa shape index (κ3) is 4.40. The first-order chi connectivity index (χ1) is 13.5. The fraction of sp³-hybridized carbons (Fsp3) is 0.150. The fourth-order valence-corrected chi connectivity index (χ4v) is 2.79. The van der Waals surface area contributed by atoms with Crippen LogP contribution in [0, 0.1) is 0 Å². The number of benzene rings is 2. The van der Waals surface area contributed by atoms with Crippen LogP contribution >= 0.6 is 15.9 Å². The monoisotopic (exact) mass is 442 g/mol. The Morgan fingerprint density at radius 1 is 1.07 bits per heavy atom. The van der Waals surface area contributed by atoms with Gasteiger partial charge in [0, 0.05) is 15.6 Å². The van der Waals surface area contributed by atoms with Crippen LogP contribution in [0.15, 0.2) is 58.1 Å². The SMILES string of the molecule is COc1ccc(/C(C)=N/NC(=O)c2cc(-c3ccc(Br)cc3)n[nH]2)cc1OC. The lowest BCUT2D eigenvalue weighted by molar-refractivity contribution is 0.0950. The quantitative estimate of drug-likeness (QED) is 0.445. The van der Waals surface area contributed by atoms with Gasteiger partial charge in [0.15, 0.2) is 11.5 Å². The van der Waals surface area contributed by atoms with Gasteiger partial charge in [-0.05, 0) is 43.3 Å². The van der Waals surface area contributed by atoms with Gasteiger partial charge in [0.05, 0.1) is 25.6 Å². The molecule has 3 aromatic rings. The van der Waals surface area contributed by atoms with Crippen LogP contribution in [0.5, 0.6) is 11.5 Å². The number of rotatable bonds is 6. The number of H-pyrrole nitrogens is 1. The van der Waals surface area contributed by atoms with Crippen LogP contribution < -0.4 is 14.9 Å². The largest absolute Gasteiger partial charge is 0.493 e.